The summed E-state index contributed by atoms with van der Waals surface area (Å²) in [5, 5.41) is 0. The minimum Gasteiger partial charge on any atom is -0.462 e. The van der Waals surface area contributed by atoms with Crippen molar-refractivity contribution < 1.29 is 42.1 Å². The molecule has 0 heterocycles. The summed E-state index contributed by atoms with van der Waals surface area (Å²) in [7, 11) is 1.51. The lowest BCUT2D eigenvalue weighted by atomic mass is 10.0. The topological polar surface area (TPSA) is 108 Å². The smallest absolute Gasteiger partial charge is 0.462 e. The van der Waals surface area contributed by atoms with Gasteiger partial charge in [-0.3, -0.25) is 18.6 Å². The second-order valence-corrected chi connectivity index (χ2v) is 28.5. The van der Waals surface area contributed by atoms with Crippen LogP contribution in [0, 0.1) is 0 Å². The van der Waals surface area contributed by atoms with Crippen molar-refractivity contribution in [1.29, 1.82) is 0 Å². The number of phosphoric acid groups is 1. The van der Waals surface area contributed by atoms with Gasteiger partial charge in [-0.2, -0.15) is 0 Å². The molecule has 0 aromatic carbocycles. The SMILES string of the molecule is CCCCCCCCCCCCCCCCCCCCCCCCCCCCCCCCCC(=O)OC(COC(=O)CCCCCCCCCCCCCCCCCCCCCCCCCCCCCC)COP(=O)(O)OCC[N+](C)(C)C. The lowest BCUT2D eigenvalue weighted by molar-refractivity contribution is -0.870. The molecule has 0 rings (SSSR count). The van der Waals surface area contributed by atoms with Gasteiger partial charge in [0, 0.05) is 12.8 Å². The molecule has 0 radical (unpaired) electrons. The molecule has 0 spiro atoms. The Morgan fingerprint density at radius 3 is 0.771 bits per heavy atom. The van der Waals surface area contributed by atoms with Gasteiger partial charge < -0.3 is 18.9 Å². The third kappa shape index (κ3) is 70.0. The van der Waals surface area contributed by atoms with E-state index in [9.17, 15) is 19.0 Å². The minimum atomic E-state index is -4.39. The molecule has 0 aromatic heterocycles. The standard InChI is InChI=1S/C73H146NO8P/c1-6-8-10-12-14-16-18-20-22-24-26-28-30-32-34-36-37-38-40-42-44-46-48-50-52-54-56-58-60-62-64-66-73(76)82-71(70-81-83(77,78)80-68-67-74(3,4)5)69-79-72(75)65-63-61-59-57-55-53-51-49-47-45-43-41-39-35-33-31-29-27-25-23-21-19-17-15-13-11-9-7-2/h71H,6-70H2,1-5H3/p+1. The van der Waals surface area contributed by atoms with Gasteiger partial charge in [-0.1, -0.05) is 380 Å². The molecule has 0 aromatic rings. The lowest BCUT2D eigenvalue weighted by Gasteiger charge is -2.24. The molecule has 496 valence electrons. The Kier molecular flexibility index (Phi) is 64.7. The van der Waals surface area contributed by atoms with Gasteiger partial charge in [0.15, 0.2) is 6.10 Å². The van der Waals surface area contributed by atoms with E-state index in [2.05, 4.69) is 13.8 Å². The molecule has 1 N–H and O–H groups in total. The summed E-state index contributed by atoms with van der Waals surface area (Å²) in [5.74, 6) is -0.766. The van der Waals surface area contributed by atoms with Crippen molar-refractivity contribution in [3.05, 3.63) is 0 Å². The third-order valence-corrected chi connectivity index (χ3v) is 18.4. The average molecular weight is 1200 g/mol. The predicted octanol–water partition coefficient (Wildman–Crippen LogP) is 24.1. The Labute approximate surface area is 518 Å². The summed E-state index contributed by atoms with van der Waals surface area (Å²) >= 11 is 0. The van der Waals surface area contributed by atoms with Gasteiger partial charge in [0.1, 0.15) is 19.8 Å². The van der Waals surface area contributed by atoms with Crippen molar-refractivity contribution in [3.8, 4) is 0 Å². The van der Waals surface area contributed by atoms with Crippen LogP contribution in [0.25, 0.3) is 0 Å². The van der Waals surface area contributed by atoms with Crippen LogP contribution in [0.5, 0.6) is 0 Å². The maximum atomic E-state index is 12.9. The van der Waals surface area contributed by atoms with Gasteiger partial charge in [0.25, 0.3) is 0 Å². The lowest BCUT2D eigenvalue weighted by Crippen LogP contribution is -2.37. The molecule has 0 fully saturated rings. The van der Waals surface area contributed by atoms with E-state index in [0.29, 0.717) is 17.4 Å². The Balaban J connectivity index is 3.93. The van der Waals surface area contributed by atoms with Gasteiger partial charge in [-0.05, 0) is 12.8 Å². The van der Waals surface area contributed by atoms with E-state index in [1.54, 1.807) is 0 Å². The number of phosphoric ester groups is 1. The first-order valence-corrected chi connectivity index (χ1v) is 38.8. The quantitative estimate of drug-likeness (QED) is 0.0278. The number of nitrogens with zero attached hydrogens (tertiary/aromatic N) is 1. The number of rotatable bonds is 71. The van der Waals surface area contributed by atoms with Gasteiger partial charge >= 0.3 is 19.8 Å². The normalized spacial score (nSPS) is 13.0. The van der Waals surface area contributed by atoms with Crippen molar-refractivity contribution in [2.75, 3.05) is 47.5 Å². The molecule has 9 nitrogen and oxygen atoms in total. The fraction of sp³-hybridized carbons (Fsp3) is 0.973. The van der Waals surface area contributed by atoms with Gasteiger partial charge in [0.2, 0.25) is 0 Å². The van der Waals surface area contributed by atoms with Crippen LogP contribution in [0.15, 0.2) is 0 Å². The molecule has 0 saturated carbocycles. The van der Waals surface area contributed by atoms with Crippen molar-refractivity contribution in [2.24, 2.45) is 0 Å². The Morgan fingerprint density at radius 2 is 0.542 bits per heavy atom. The zero-order valence-electron chi connectivity index (χ0n) is 56.7. The van der Waals surface area contributed by atoms with E-state index in [-0.39, 0.29) is 25.6 Å². The average Bonchev–Trinajstić information content (AvgIpc) is 3.49. The number of quaternary nitrogens is 1. The highest BCUT2D eigenvalue weighted by molar-refractivity contribution is 7.47. The Hall–Kier alpha value is -0.990. The zero-order chi connectivity index (χ0) is 60.5. The molecular formula is C73H147NO8P+. The summed E-state index contributed by atoms with van der Waals surface area (Å²) < 4.78 is 34.8. The largest absolute Gasteiger partial charge is 0.472 e. The van der Waals surface area contributed by atoms with Crippen LogP contribution in [0.2, 0.25) is 0 Å². The van der Waals surface area contributed by atoms with Crippen molar-refractivity contribution in [1.82, 2.24) is 0 Å². The number of ether oxygens (including phenoxy) is 2. The van der Waals surface area contributed by atoms with Gasteiger partial charge in [-0.15, -0.1) is 0 Å². The maximum Gasteiger partial charge on any atom is 0.472 e. The van der Waals surface area contributed by atoms with Crippen LogP contribution >= 0.6 is 7.82 Å². The number of hydrogen-bond donors (Lipinski definition) is 1. The van der Waals surface area contributed by atoms with Crippen LogP contribution in [-0.2, 0) is 32.7 Å². The first kappa shape index (κ1) is 82.0. The molecule has 10 heteroatoms. The van der Waals surface area contributed by atoms with E-state index in [4.69, 9.17) is 18.5 Å². The number of carbonyl (C=O) groups excluding carboxylic acids is 2. The van der Waals surface area contributed by atoms with Gasteiger partial charge in [-0.25, -0.2) is 4.57 Å². The van der Waals surface area contributed by atoms with Crippen molar-refractivity contribution >= 4 is 19.8 Å². The molecule has 2 unspecified atom stereocenters. The molecule has 0 aliphatic heterocycles. The van der Waals surface area contributed by atoms with Crippen LogP contribution in [0.4, 0.5) is 0 Å². The highest BCUT2D eigenvalue weighted by atomic mass is 31.2. The van der Waals surface area contributed by atoms with Crippen LogP contribution in [0.3, 0.4) is 0 Å². The molecule has 0 aliphatic rings. The van der Waals surface area contributed by atoms with E-state index in [0.717, 1.165) is 38.5 Å². The van der Waals surface area contributed by atoms with Crippen LogP contribution in [0.1, 0.15) is 406 Å². The molecule has 83 heavy (non-hydrogen) atoms. The second-order valence-electron chi connectivity index (χ2n) is 27.1. The highest BCUT2D eigenvalue weighted by Crippen LogP contribution is 2.43. The number of hydrogen-bond acceptors (Lipinski definition) is 7. The first-order chi connectivity index (χ1) is 40.5. The predicted molar refractivity (Wildman–Crippen MR) is 358 cm³/mol. The van der Waals surface area contributed by atoms with Crippen molar-refractivity contribution in [3.63, 3.8) is 0 Å². The monoisotopic (exact) mass is 1200 g/mol. The highest BCUT2D eigenvalue weighted by Gasteiger charge is 2.27. The summed E-state index contributed by atoms with van der Waals surface area (Å²) in [5.41, 5.74) is 0. The summed E-state index contributed by atoms with van der Waals surface area (Å²) in [6.45, 7) is 4.54. The van der Waals surface area contributed by atoms with E-state index >= 15 is 0 Å². The fourth-order valence-electron chi connectivity index (χ4n) is 11.7. The van der Waals surface area contributed by atoms with E-state index < -0.39 is 26.5 Å². The number of carbonyl (C=O) groups is 2. The molecule has 0 bridgehead atoms. The summed E-state index contributed by atoms with van der Waals surface area (Å²) in [6.07, 6.45) is 79.5. The molecule has 2 atom stereocenters. The van der Waals surface area contributed by atoms with Crippen molar-refractivity contribution in [2.45, 2.75) is 412 Å². The number of likely N-dealkylation sites (N-methyl/N-ethyl adjacent to an activating group) is 1. The minimum absolute atomic E-state index is 0.0378. The third-order valence-electron chi connectivity index (χ3n) is 17.4. The number of unbranched alkanes of at least 4 members (excludes halogenated alkanes) is 57. The zero-order valence-corrected chi connectivity index (χ0v) is 57.6. The second kappa shape index (κ2) is 65.5. The molecule has 0 saturated heterocycles. The Morgan fingerprint density at radius 1 is 0.325 bits per heavy atom. The van der Waals surface area contributed by atoms with Crippen LogP contribution in [-0.4, -0.2) is 74.9 Å². The molecule has 0 amide bonds. The van der Waals surface area contributed by atoms with Crippen LogP contribution < -0.4 is 0 Å². The van der Waals surface area contributed by atoms with E-state index in [1.165, 1.54) is 340 Å². The summed E-state index contributed by atoms with van der Waals surface area (Å²) in [6, 6.07) is 0. The van der Waals surface area contributed by atoms with Gasteiger partial charge in [0.05, 0.1) is 27.7 Å². The fourth-order valence-corrected chi connectivity index (χ4v) is 12.4. The Bertz CT molecular complexity index is 1360. The molecule has 0 aliphatic carbocycles. The summed E-state index contributed by atoms with van der Waals surface area (Å²) in [4.78, 5) is 35.9. The first-order valence-electron chi connectivity index (χ1n) is 37.3. The van der Waals surface area contributed by atoms with E-state index in [1.807, 2.05) is 21.1 Å². The maximum absolute atomic E-state index is 12.9. The molecular weight excluding hydrogens is 1050 g/mol. The number of esters is 2.